The van der Waals surface area contributed by atoms with Crippen molar-refractivity contribution >= 4 is 23.9 Å². The Kier molecular flexibility index (Phi) is 8.38. The molecule has 3 aromatic rings. The van der Waals surface area contributed by atoms with Gasteiger partial charge in [-0.2, -0.15) is 0 Å². The normalized spacial score (nSPS) is 21.3. The number of rotatable bonds is 6. The van der Waals surface area contributed by atoms with Crippen LogP contribution in [0.3, 0.4) is 0 Å². The maximum Gasteiger partial charge on any atom is 0.415 e. The van der Waals surface area contributed by atoms with Gasteiger partial charge in [-0.25, -0.2) is 22.8 Å². The molecule has 1 saturated heterocycles. The van der Waals surface area contributed by atoms with E-state index in [1.807, 2.05) is 12.2 Å². The van der Waals surface area contributed by atoms with Gasteiger partial charge in [0.15, 0.2) is 17.0 Å². The third kappa shape index (κ3) is 5.88. The summed E-state index contributed by atoms with van der Waals surface area (Å²) in [6, 6.07) is 8.75. The largest absolute Gasteiger partial charge is 0.483 e. The highest BCUT2D eigenvalue weighted by Gasteiger charge is 2.55. The van der Waals surface area contributed by atoms with E-state index >= 15 is 0 Å². The van der Waals surface area contributed by atoms with Gasteiger partial charge in [0.25, 0.3) is 5.91 Å². The van der Waals surface area contributed by atoms with E-state index in [0.717, 1.165) is 6.20 Å². The number of carbonyl (C=O) groups excluding carboxylic acids is 3. The fourth-order valence-corrected chi connectivity index (χ4v) is 6.10. The molecule has 1 spiro atoms. The van der Waals surface area contributed by atoms with Crippen LogP contribution in [0.1, 0.15) is 64.2 Å². The summed E-state index contributed by atoms with van der Waals surface area (Å²) in [6.07, 6.45) is 0.911. The number of ether oxygens (including phenoxy) is 3. The molecule has 0 unspecified atom stereocenters. The highest BCUT2D eigenvalue weighted by Crippen LogP contribution is 2.46. The molecule has 1 N–H and O–H groups in total. The first-order valence-corrected chi connectivity index (χ1v) is 14.7. The van der Waals surface area contributed by atoms with E-state index < -0.39 is 75.9 Å². The first-order valence-electron chi connectivity index (χ1n) is 14.7. The number of benzene rings is 2. The van der Waals surface area contributed by atoms with Crippen molar-refractivity contribution in [2.75, 3.05) is 13.7 Å². The zero-order chi connectivity index (χ0) is 33.5. The van der Waals surface area contributed by atoms with Crippen molar-refractivity contribution in [3.05, 3.63) is 98.7 Å². The molecule has 1 fully saturated rings. The SMILES string of the molecule is COC1=NO[C@@]2(CC[C@H](C)N3C[C@H]2n2cc(C(=O)OC(=O)NCc4c(F)cc(F)cc4F)c(=O)c(OCc4ccccc4)c2C3=O)C1. The van der Waals surface area contributed by atoms with E-state index in [-0.39, 0.29) is 31.3 Å². The van der Waals surface area contributed by atoms with Crippen molar-refractivity contribution in [2.45, 2.75) is 57.0 Å². The van der Waals surface area contributed by atoms with Crippen LogP contribution >= 0.6 is 0 Å². The van der Waals surface area contributed by atoms with Crippen LogP contribution in [0.2, 0.25) is 0 Å². The number of esters is 1. The molecule has 3 atom stereocenters. The maximum atomic E-state index is 14.0. The third-order valence-corrected chi connectivity index (χ3v) is 8.65. The molecule has 6 rings (SSSR count). The van der Waals surface area contributed by atoms with Gasteiger partial charge < -0.3 is 33.8 Å². The number of fused-ring (bicyclic) bond motifs is 5. The van der Waals surface area contributed by atoms with Crippen LogP contribution in [0.25, 0.3) is 0 Å². The molecule has 15 heteroatoms. The Hall–Kier alpha value is -5.34. The molecule has 0 radical (unpaired) electrons. The molecule has 47 heavy (non-hydrogen) atoms. The average molecular weight is 655 g/mol. The van der Waals surface area contributed by atoms with Gasteiger partial charge in [-0.05, 0) is 25.3 Å². The molecule has 3 aliphatic rings. The van der Waals surface area contributed by atoms with Crippen LogP contribution in [-0.4, -0.2) is 58.6 Å². The second-order valence-corrected chi connectivity index (χ2v) is 11.5. The number of hydrogen-bond donors (Lipinski definition) is 1. The van der Waals surface area contributed by atoms with E-state index in [1.54, 1.807) is 35.2 Å². The lowest BCUT2D eigenvalue weighted by atomic mass is 9.85. The Labute approximate surface area is 265 Å². The zero-order valence-corrected chi connectivity index (χ0v) is 25.3. The van der Waals surface area contributed by atoms with E-state index in [0.29, 0.717) is 36.4 Å². The average Bonchev–Trinajstić information content (AvgIpc) is 3.42. The molecule has 4 heterocycles. The Morgan fingerprint density at radius 2 is 1.85 bits per heavy atom. The van der Waals surface area contributed by atoms with Crippen molar-refractivity contribution in [1.29, 1.82) is 0 Å². The predicted molar refractivity (Wildman–Crippen MR) is 157 cm³/mol. The van der Waals surface area contributed by atoms with Crippen LogP contribution in [-0.2, 0) is 27.5 Å². The molecule has 0 aliphatic carbocycles. The summed E-state index contributed by atoms with van der Waals surface area (Å²) in [7, 11) is 1.45. The number of nitrogens with one attached hydrogen (secondary N) is 1. The number of alkyl carbamates (subject to hydrolysis) is 1. The Balaban J connectivity index is 1.38. The lowest BCUT2D eigenvalue weighted by molar-refractivity contribution is -0.0656. The van der Waals surface area contributed by atoms with Crippen molar-refractivity contribution in [2.24, 2.45) is 5.16 Å². The fourth-order valence-electron chi connectivity index (χ4n) is 6.10. The lowest BCUT2D eigenvalue weighted by Gasteiger charge is -2.42. The number of aromatic nitrogens is 1. The smallest absolute Gasteiger partial charge is 0.415 e. The summed E-state index contributed by atoms with van der Waals surface area (Å²) in [6.45, 7) is 1.10. The molecule has 1 aromatic heterocycles. The van der Waals surface area contributed by atoms with Crippen molar-refractivity contribution in [1.82, 2.24) is 14.8 Å². The minimum atomic E-state index is -1.44. The minimum absolute atomic E-state index is 0.118. The van der Waals surface area contributed by atoms with Crippen LogP contribution < -0.4 is 15.5 Å². The number of methoxy groups -OCH3 is 1. The highest BCUT2D eigenvalue weighted by molar-refractivity contribution is 6.00. The van der Waals surface area contributed by atoms with Gasteiger partial charge in [0, 0.05) is 36.5 Å². The van der Waals surface area contributed by atoms with Gasteiger partial charge in [0.2, 0.25) is 11.3 Å². The molecular formula is C32H29F3N4O8. The van der Waals surface area contributed by atoms with Crippen molar-refractivity contribution < 1.29 is 46.6 Å². The van der Waals surface area contributed by atoms with E-state index in [1.165, 1.54) is 11.7 Å². The molecule has 12 nitrogen and oxygen atoms in total. The summed E-state index contributed by atoms with van der Waals surface area (Å²) < 4.78 is 58.9. The fraction of sp³-hybridized carbons (Fsp3) is 0.344. The molecule has 2 aromatic carbocycles. The first-order chi connectivity index (χ1) is 22.5. The molecule has 2 amide bonds. The van der Waals surface area contributed by atoms with Gasteiger partial charge in [-0.3, -0.25) is 9.59 Å². The number of amides is 2. The van der Waals surface area contributed by atoms with E-state index in [9.17, 15) is 32.3 Å². The van der Waals surface area contributed by atoms with Gasteiger partial charge in [0.1, 0.15) is 29.6 Å². The highest BCUT2D eigenvalue weighted by atomic mass is 19.1. The summed E-state index contributed by atoms with van der Waals surface area (Å²) in [5.74, 6) is -5.70. The standard InChI is InChI=1S/C32H29F3N4O8/c1-17-8-9-32(12-25(44-2)37-47-32)24-15-38(17)29(41)26-28(45-16-18-6-4-3-5-7-18)27(40)21(14-39(24)26)30(42)46-31(43)36-13-20-22(34)10-19(33)11-23(20)35/h3-7,10-11,14,17,24H,8-9,12-13,15-16H2,1-2H3,(H,36,43)/t17-,24+,32-/m0/s1. The molecule has 3 aliphatic heterocycles. The summed E-state index contributed by atoms with van der Waals surface area (Å²) >= 11 is 0. The van der Waals surface area contributed by atoms with E-state index in [2.05, 4.69) is 5.16 Å². The van der Waals surface area contributed by atoms with Crippen LogP contribution in [0, 0.1) is 17.5 Å². The number of pyridine rings is 1. The Morgan fingerprint density at radius 3 is 2.53 bits per heavy atom. The number of carbonyl (C=O) groups is 3. The van der Waals surface area contributed by atoms with Gasteiger partial charge in [-0.1, -0.05) is 35.5 Å². The number of halogens is 3. The second-order valence-electron chi connectivity index (χ2n) is 11.5. The summed E-state index contributed by atoms with van der Waals surface area (Å²) in [5, 5.41) is 6.09. The lowest BCUT2D eigenvalue weighted by Crippen LogP contribution is -2.52. The number of nitrogens with zero attached hydrogens (tertiary/aromatic N) is 3. The second kappa shape index (κ2) is 12.5. The third-order valence-electron chi connectivity index (χ3n) is 8.65. The number of hydrogen-bond acceptors (Lipinski definition) is 9. The first kappa shape index (κ1) is 31.6. The predicted octanol–water partition coefficient (Wildman–Crippen LogP) is 4.21. The van der Waals surface area contributed by atoms with Crippen LogP contribution in [0.4, 0.5) is 18.0 Å². The van der Waals surface area contributed by atoms with Crippen LogP contribution in [0.5, 0.6) is 5.75 Å². The van der Waals surface area contributed by atoms with Crippen molar-refractivity contribution in [3.63, 3.8) is 0 Å². The topological polar surface area (TPSA) is 138 Å². The molecule has 0 saturated carbocycles. The monoisotopic (exact) mass is 654 g/mol. The quantitative estimate of drug-likeness (QED) is 0.308. The maximum absolute atomic E-state index is 14.0. The zero-order valence-electron chi connectivity index (χ0n) is 25.3. The van der Waals surface area contributed by atoms with Gasteiger partial charge in [0.05, 0.1) is 26.1 Å². The van der Waals surface area contributed by atoms with Crippen molar-refractivity contribution in [3.8, 4) is 5.75 Å². The number of oxime groups is 1. The Bertz CT molecular complexity index is 1830. The minimum Gasteiger partial charge on any atom is -0.483 e. The van der Waals surface area contributed by atoms with Crippen LogP contribution in [0.15, 0.2) is 58.6 Å². The molecular weight excluding hydrogens is 625 g/mol. The summed E-state index contributed by atoms with van der Waals surface area (Å²) in [5.41, 5.74) is -2.81. The van der Waals surface area contributed by atoms with Gasteiger partial charge >= 0.3 is 12.1 Å². The van der Waals surface area contributed by atoms with Gasteiger partial charge in [-0.15, -0.1) is 0 Å². The summed E-state index contributed by atoms with van der Waals surface area (Å²) in [4.78, 5) is 61.3. The molecule has 246 valence electrons. The Morgan fingerprint density at radius 1 is 1.13 bits per heavy atom. The van der Waals surface area contributed by atoms with E-state index in [4.69, 9.17) is 19.0 Å². The molecule has 2 bridgehead atoms.